The summed E-state index contributed by atoms with van der Waals surface area (Å²) in [6.07, 6.45) is 0. The molecule has 23 heavy (non-hydrogen) atoms. The van der Waals surface area contributed by atoms with Gasteiger partial charge in [-0.15, -0.1) is 0 Å². The van der Waals surface area contributed by atoms with Crippen LogP contribution >= 0.6 is 0 Å². The third-order valence-corrected chi connectivity index (χ3v) is 3.93. The number of ether oxygens (including phenoxy) is 1. The van der Waals surface area contributed by atoms with Gasteiger partial charge in [-0.1, -0.05) is 35.9 Å². The van der Waals surface area contributed by atoms with Crippen LogP contribution < -0.4 is 4.74 Å². The highest BCUT2D eigenvalue weighted by Gasteiger charge is 2.24. The zero-order valence-corrected chi connectivity index (χ0v) is 13.9. The van der Waals surface area contributed by atoms with Crippen molar-refractivity contribution < 1.29 is 14.3 Å². The lowest BCUT2D eigenvalue weighted by atomic mass is 10.0. The molecule has 2 aromatic rings. The van der Waals surface area contributed by atoms with Gasteiger partial charge in [0.15, 0.2) is 5.78 Å². The topological polar surface area (TPSA) is 46.6 Å². The fourth-order valence-corrected chi connectivity index (χ4v) is 2.27. The zero-order chi connectivity index (χ0) is 17.0. The van der Waals surface area contributed by atoms with Gasteiger partial charge in [-0.2, -0.15) is 0 Å². The molecular weight excluding hydrogens is 290 g/mol. The molecule has 2 aromatic carbocycles. The molecular formula is C19H21NO3. The van der Waals surface area contributed by atoms with Gasteiger partial charge >= 0.3 is 0 Å². The average molecular weight is 311 g/mol. The Hall–Kier alpha value is -2.62. The monoisotopic (exact) mass is 311 g/mol. The van der Waals surface area contributed by atoms with Gasteiger partial charge in [-0.3, -0.25) is 9.59 Å². The van der Waals surface area contributed by atoms with Crippen LogP contribution in [0.4, 0.5) is 0 Å². The number of likely N-dealkylation sites (N-methyl/N-ethyl adjacent to an activating group) is 1. The molecule has 1 atom stereocenters. The van der Waals surface area contributed by atoms with Gasteiger partial charge < -0.3 is 9.64 Å². The van der Waals surface area contributed by atoms with Crippen molar-refractivity contribution in [2.24, 2.45) is 0 Å². The van der Waals surface area contributed by atoms with Crippen LogP contribution in [-0.4, -0.2) is 36.8 Å². The number of hydrogen-bond donors (Lipinski definition) is 0. The third-order valence-electron chi connectivity index (χ3n) is 3.93. The Morgan fingerprint density at radius 1 is 1.04 bits per heavy atom. The first-order chi connectivity index (χ1) is 10.9. The van der Waals surface area contributed by atoms with Crippen molar-refractivity contribution in [2.45, 2.75) is 19.9 Å². The van der Waals surface area contributed by atoms with E-state index in [4.69, 9.17) is 4.74 Å². The van der Waals surface area contributed by atoms with E-state index in [2.05, 4.69) is 0 Å². The van der Waals surface area contributed by atoms with E-state index < -0.39 is 6.04 Å². The number of nitrogens with zero attached hydrogens (tertiary/aromatic N) is 1. The van der Waals surface area contributed by atoms with Crippen molar-refractivity contribution in [1.29, 1.82) is 0 Å². The maximum Gasteiger partial charge on any atom is 0.254 e. The van der Waals surface area contributed by atoms with Gasteiger partial charge in [-0.05, 0) is 32.0 Å². The van der Waals surface area contributed by atoms with E-state index in [1.807, 2.05) is 19.1 Å². The summed E-state index contributed by atoms with van der Waals surface area (Å²) in [6, 6.07) is 13.7. The predicted octanol–water partition coefficient (Wildman–Crippen LogP) is 3.35. The first kappa shape index (κ1) is 16.7. The molecule has 0 saturated carbocycles. The summed E-state index contributed by atoms with van der Waals surface area (Å²) >= 11 is 0. The molecule has 0 N–H and O–H groups in total. The third kappa shape index (κ3) is 3.77. The molecule has 0 spiro atoms. The summed E-state index contributed by atoms with van der Waals surface area (Å²) < 4.78 is 5.14. The SMILES string of the molecule is COc1cccc(C(=O)N(C)C(C)C(=O)c2ccc(C)cc2)c1. The van der Waals surface area contributed by atoms with Crippen molar-refractivity contribution in [3.05, 3.63) is 65.2 Å². The lowest BCUT2D eigenvalue weighted by Gasteiger charge is -2.24. The van der Waals surface area contributed by atoms with Crippen LogP contribution in [0.3, 0.4) is 0 Å². The second-order valence-electron chi connectivity index (χ2n) is 5.55. The zero-order valence-electron chi connectivity index (χ0n) is 13.9. The molecule has 0 aliphatic heterocycles. The summed E-state index contributed by atoms with van der Waals surface area (Å²) in [5.74, 6) is 0.322. The van der Waals surface area contributed by atoms with E-state index in [1.54, 1.807) is 57.5 Å². The molecule has 0 aliphatic rings. The maximum atomic E-state index is 12.6. The number of rotatable bonds is 5. The first-order valence-electron chi connectivity index (χ1n) is 7.46. The molecule has 0 bridgehead atoms. The van der Waals surface area contributed by atoms with E-state index in [9.17, 15) is 9.59 Å². The van der Waals surface area contributed by atoms with E-state index in [1.165, 1.54) is 4.90 Å². The van der Waals surface area contributed by atoms with Crippen LogP contribution in [0.2, 0.25) is 0 Å². The fourth-order valence-electron chi connectivity index (χ4n) is 2.27. The highest BCUT2D eigenvalue weighted by Crippen LogP contribution is 2.16. The minimum Gasteiger partial charge on any atom is -0.497 e. The molecule has 0 radical (unpaired) electrons. The lowest BCUT2D eigenvalue weighted by Crippen LogP contribution is -2.40. The Kier molecular flexibility index (Phi) is 5.16. The summed E-state index contributed by atoms with van der Waals surface area (Å²) in [5.41, 5.74) is 2.19. The lowest BCUT2D eigenvalue weighted by molar-refractivity contribution is 0.0674. The molecule has 0 aromatic heterocycles. The van der Waals surface area contributed by atoms with Crippen molar-refractivity contribution in [3.8, 4) is 5.75 Å². The molecule has 0 saturated heterocycles. The van der Waals surface area contributed by atoms with E-state index >= 15 is 0 Å². The number of methoxy groups -OCH3 is 1. The summed E-state index contributed by atoms with van der Waals surface area (Å²) in [4.78, 5) is 26.6. The Morgan fingerprint density at radius 3 is 2.30 bits per heavy atom. The number of hydrogen-bond acceptors (Lipinski definition) is 3. The Bertz CT molecular complexity index is 707. The van der Waals surface area contributed by atoms with Gasteiger partial charge in [0.25, 0.3) is 5.91 Å². The fraction of sp³-hybridized carbons (Fsp3) is 0.263. The summed E-state index contributed by atoms with van der Waals surface area (Å²) in [6.45, 7) is 3.70. The molecule has 120 valence electrons. The van der Waals surface area contributed by atoms with Crippen LogP contribution in [-0.2, 0) is 0 Å². The van der Waals surface area contributed by atoms with Crippen molar-refractivity contribution in [3.63, 3.8) is 0 Å². The van der Waals surface area contributed by atoms with Gasteiger partial charge in [0.05, 0.1) is 13.2 Å². The maximum absolute atomic E-state index is 12.6. The van der Waals surface area contributed by atoms with E-state index in [0.29, 0.717) is 16.9 Å². The van der Waals surface area contributed by atoms with Crippen molar-refractivity contribution in [2.75, 3.05) is 14.2 Å². The molecule has 4 nitrogen and oxygen atoms in total. The molecule has 1 amide bonds. The van der Waals surface area contributed by atoms with Gasteiger partial charge in [0, 0.05) is 18.2 Å². The molecule has 2 rings (SSSR count). The van der Waals surface area contributed by atoms with Gasteiger partial charge in [0.1, 0.15) is 5.75 Å². The largest absolute Gasteiger partial charge is 0.497 e. The highest BCUT2D eigenvalue weighted by molar-refractivity contribution is 6.04. The molecule has 0 fully saturated rings. The Labute approximate surface area is 136 Å². The second kappa shape index (κ2) is 7.09. The number of carbonyl (C=O) groups excluding carboxylic acids is 2. The predicted molar refractivity (Wildman–Crippen MR) is 90.1 cm³/mol. The number of ketones is 1. The molecule has 4 heteroatoms. The minimum atomic E-state index is -0.545. The first-order valence-corrected chi connectivity index (χ1v) is 7.46. The van der Waals surface area contributed by atoms with Crippen LogP contribution in [0.5, 0.6) is 5.75 Å². The number of aryl methyl sites for hydroxylation is 1. The van der Waals surface area contributed by atoms with Crippen molar-refractivity contribution >= 4 is 11.7 Å². The summed E-state index contributed by atoms with van der Waals surface area (Å²) in [7, 11) is 3.19. The van der Waals surface area contributed by atoms with Crippen LogP contribution in [0.25, 0.3) is 0 Å². The number of benzene rings is 2. The number of carbonyl (C=O) groups is 2. The summed E-state index contributed by atoms with van der Waals surface area (Å²) in [5, 5.41) is 0. The van der Waals surface area contributed by atoms with Crippen LogP contribution in [0.1, 0.15) is 33.2 Å². The molecule has 1 unspecified atom stereocenters. The van der Waals surface area contributed by atoms with Crippen molar-refractivity contribution in [1.82, 2.24) is 4.90 Å². The molecule has 0 aliphatic carbocycles. The Balaban J connectivity index is 2.17. The average Bonchev–Trinajstić information content (AvgIpc) is 2.59. The normalized spacial score (nSPS) is 11.7. The quantitative estimate of drug-likeness (QED) is 0.796. The van der Waals surface area contributed by atoms with Crippen LogP contribution in [0.15, 0.2) is 48.5 Å². The Morgan fingerprint density at radius 2 is 1.70 bits per heavy atom. The number of amides is 1. The van der Waals surface area contributed by atoms with E-state index in [0.717, 1.165) is 5.56 Å². The van der Waals surface area contributed by atoms with E-state index in [-0.39, 0.29) is 11.7 Å². The standard InChI is InChI=1S/C19H21NO3/c1-13-8-10-15(11-9-13)18(21)14(2)20(3)19(22)16-6-5-7-17(12-16)23-4/h5-12,14H,1-4H3. The number of Topliss-reactive ketones (excluding diaryl/α,β-unsaturated/α-hetero) is 1. The van der Waals surface area contributed by atoms with Gasteiger partial charge in [-0.25, -0.2) is 0 Å². The minimum absolute atomic E-state index is 0.0799. The molecule has 0 heterocycles. The smallest absolute Gasteiger partial charge is 0.254 e. The highest BCUT2D eigenvalue weighted by atomic mass is 16.5. The van der Waals surface area contributed by atoms with Crippen LogP contribution in [0, 0.1) is 6.92 Å². The second-order valence-corrected chi connectivity index (χ2v) is 5.55. The van der Waals surface area contributed by atoms with Gasteiger partial charge in [0.2, 0.25) is 0 Å².